The molecule has 1 aliphatic rings. The standard InChI is InChI=1S/C17H17N5OS/c24-17-22(20-16(23-17)14-5-9-19-10-6-14)12-21(15-1-2-15)11-13-3-7-18-8-4-13/h3-10,15H,1-2,11-12H2. The van der Waals surface area contributed by atoms with Crippen LogP contribution in [-0.4, -0.2) is 30.7 Å². The van der Waals surface area contributed by atoms with Crippen LogP contribution in [0.4, 0.5) is 0 Å². The van der Waals surface area contributed by atoms with Gasteiger partial charge < -0.3 is 4.42 Å². The molecular weight excluding hydrogens is 322 g/mol. The molecule has 7 heteroatoms. The monoisotopic (exact) mass is 339 g/mol. The first kappa shape index (κ1) is 15.2. The van der Waals surface area contributed by atoms with Crippen molar-refractivity contribution in [3.05, 3.63) is 59.5 Å². The molecule has 0 saturated heterocycles. The normalized spacial score (nSPS) is 14.2. The highest BCUT2D eigenvalue weighted by Gasteiger charge is 2.29. The Kier molecular flexibility index (Phi) is 4.18. The van der Waals surface area contributed by atoms with Gasteiger partial charge in [0, 0.05) is 42.9 Å². The predicted octanol–water partition coefficient (Wildman–Crippen LogP) is 3.28. The van der Waals surface area contributed by atoms with Gasteiger partial charge in [-0.15, -0.1) is 5.10 Å². The molecule has 0 atom stereocenters. The van der Waals surface area contributed by atoms with Crippen LogP contribution < -0.4 is 0 Å². The first-order chi connectivity index (χ1) is 11.8. The molecule has 122 valence electrons. The summed E-state index contributed by atoms with van der Waals surface area (Å²) >= 11 is 5.34. The summed E-state index contributed by atoms with van der Waals surface area (Å²) in [6, 6.07) is 8.39. The second-order valence-corrected chi connectivity index (χ2v) is 6.23. The van der Waals surface area contributed by atoms with Gasteiger partial charge in [-0.2, -0.15) is 0 Å². The summed E-state index contributed by atoms with van der Waals surface area (Å²) in [6.07, 6.45) is 9.51. The van der Waals surface area contributed by atoms with Gasteiger partial charge in [-0.25, -0.2) is 4.68 Å². The average Bonchev–Trinajstić information content (AvgIpc) is 3.40. The summed E-state index contributed by atoms with van der Waals surface area (Å²) in [5, 5.41) is 4.54. The summed E-state index contributed by atoms with van der Waals surface area (Å²) in [6.45, 7) is 1.48. The molecule has 3 aromatic rings. The Morgan fingerprint density at radius 3 is 2.42 bits per heavy atom. The summed E-state index contributed by atoms with van der Waals surface area (Å²) < 4.78 is 7.41. The number of pyridine rings is 2. The van der Waals surface area contributed by atoms with Crippen molar-refractivity contribution in [2.24, 2.45) is 0 Å². The molecule has 1 saturated carbocycles. The number of hydrogen-bond donors (Lipinski definition) is 0. The van der Waals surface area contributed by atoms with E-state index < -0.39 is 0 Å². The van der Waals surface area contributed by atoms with Gasteiger partial charge in [-0.1, -0.05) is 0 Å². The van der Waals surface area contributed by atoms with Crippen molar-refractivity contribution >= 4 is 12.2 Å². The van der Waals surface area contributed by atoms with Crippen LogP contribution in [0.1, 0.15) is 18.4 Å². The molecular formula is C17H17N5OS. The van der Waals surface area contributed by atoms with E-state index in [2.05, 4.69) is 20.0 Å². The Hall–Kier alpha value is -2.38. The van der Waals surface area contributed by atoms with E-state index in [-0.39, 0.29) is 0 Å². The minimum atomic E-state index is 0.391. The minimum absolute atomic E-state index is 0.391. The van der Waals surface area contributed by atoms with Crippen molar-refractivity contribution in [2.45, 2.75) is 32.1 Å². The number of nitrogens with zero attached hydrogens (tertiary/aromatic N) is 5. The Morgan fingerprint density at radius 2 is 1.75 bits per heavy atom. The molecule has 0 bridgehead atoms. The van der Waals surface area contributed by atoms with Crippen molar-refractivity contribution in [3.63, 3.8) is 0 Å². The Morgan fingerprint density at radius 1 is 1.08 bits per heavy atom. The lowest BCUT2D eigenvalue weighted by Crippen LogP contribution is -2.28. The van der Waals surface area contributed by atoms with E-state index >= 15 is 0 Å². The SMILES string of the molecule is S=c1oc(-c2ccncc2)nn1CN(Cc1ccncc1)C1CC1. The summed E-state index contributed by atoms with van der Waals surface area (Å²) in [5.41, 5.74) is 2.11. The summed E-state index contributed by atoms with van der Waals surface area (Å²) in [7, 11) is 0. The van der Waals surface area contributed by atoms with E-state index in [9.17, 15) is 0 Å². The molecule has 0 N–H and O–H groups in total. The molecule has 0 radical (unpaired) electrons. The van der Waals surface area contributed by atoms with Crippen molar-refractivity contribution in [1.82, 2.24) is 24.6 Å². The highest BCUT2D eigenvalue weighted by molar-refractivity contribution is 7.71. The van der Waals surface area contributed by atoms with E-state index in [0.29, 0.717) is 23.4 Å². The largest absolute Gasteiger partial charge is 0.409 e. The zero-order chi connectivity index (χ0) is 16.4. The highest BCUT2D eigenvalue weighted by Crippen LogP contribution is 2.29. The third kappa shape index (κ3) is 3.42. The number of rotatable bonds is 6. The van der Waals surface area contributed by atoms with Gasteiger partial charge >= 0.3 is 0 Å². The fraction of sp³-hybridized carbons (Fsp3) is 0.294. The topological polar surface area (TPSA) is 60.0 Å². The fourth-order valence-corrected chi connectivity index (χ4v) is 2.81. The highest BCUT2D eigenvalue weighted by atomic mass is 32.1. The van der Waals surface area contributed by atoms with E-state index in [1.54, 1.807) is 17.1 Å². The van der Waals surface area contributed by atoms with Gasteiger partial charge in [0.2, 0.25) is 5.89 Å². The quantitative estimate of drug-likeness (QED) is 0.642. The van der Waals surface area contributed by atoms with Crippen molar-refractivity contribution in [2.75, 3.05) is 0 Å². The Balaban J connectivity index is 1.55. The van der Waals surface area contributed by atoms with Crippen LogP contribution in [0.5, 0.6) is 0 Å². The minimum Gasteiger partial charge on any atom is -0.409 e. The van der Waals surface area contributed by atoms with Crippen molar-refractivity contribution in [3.8, 4) is 11.5 Å². The zero-order valence-corrected chi connectivity index (χ0v) is 13.9. The van der Waals surface area contributed by atoms with Gasteiger partial charge in [0.25, 0.3) is 4.84 Å². The average molecular weight is 339 g/mol. The maximum absolute atomic E-state index is 5.65. The maximum atomic E-state index is 5.65. The Labute approximate surface area is 144 Å². The van der Waals surface area contributed by atoms with Crippen molar-refractivity contribution in [1.29, 1.82) is 0 Å². The lowest BCUT2D eigenvalue weighted by molar-refractivity contribution is 0.184. The van der Waals surface area contributed by atoms with Crippen LogP contribution in [-0.2, 0) is 13.2 Å². The van der Waals surface area contributed by atoms with Crippen LogP contribution in [0.3, 0.4) is 0 Å². The molecule has 0 amide bonds. The van der Waals surface area contributed by atoms with Crippen LogP contribution in [0.2, 0.25) is 0 Å². The summed E-state index contributed by atoms with van der Waals surface area (Å²) in [4.78, 5) is 10.9. The second-order valence-electron chi connectivity index (χ2n) is 5.88. The van der Waals surface area contributed by atoms with Crippen LogP contribution >= 0.6 is 12.2 Å². The van der Waals surface area contributed by atoms with E-state index in [1.165, 1.54) is 18.4 Å². The number of aromatic nitrogens is 4. The second kappa shape index (κ2) is 6.62. The predicted molar refractivity (Wildman–Crippen MR) is 91.4 cm³/mol. The van der Waals surface area contributed by atoms with Crippen LogP contribution in [0, 0.1) is 4.84 Å². The third-order valence-electron chi connectivity index (χ3n) is 4.05. The molecule has 0 aromatic carbocycles. The first-order valence-corrected chi connectivity index (χ1v) is 8.32. The van der Waals surface area contributed by atoms with E-state index in [0.717, 1.165) is 12.1 Å². The summed E-state index contributed by atoms with van der Waals surface area (Å²) in [5.74, 6) is 0.530. The van der Waals surface area contributed by atoms with Gasteiger partial charge in [0.1, 0.15) is 0 Å². The lowest BCUT2D eigenvalue weighted by Gasteiger charge is -2.21. The first-order valence-electron chi connectivity index (χ1n) is 7.91. The molecule has 0 unspecified atom stereocenters. The van der Waals surface area contributed by atoms with E-state index in [4.69, 9.17) is 16.6 Å². The molecule has 0 aliphatic heterocycles. The van der Waals surface area contributed by atoms with Gasteiger partial charge in [-0.05, 0) is 54.9 Å². The maximum Gasteiger partial charge on any atom is 0.288 e. The third-order valence-corrected chi connectivity index (χ3v) is 4.34. The molecule has 0 spiro atoms. The molecule has 3 heterocycles. The lowest BCUT2D eigenvalue weighted by atomic mass is 10.2. The van der Waals surface area contributed by atoms with Gasteiger partial charge in [-0.3, -0.25) is 14.9 Å². The zero-order valence-electron chi connectivity index (χ0n) is 13.1. The molecule has 1 fully saturated rings. The molecule has 4 rings (SSSR count). The fourth-order valence-electron chi connectivity index (χ4n) is 2.64. The molecule has 24 heavy (non-hydrogen) atoms. The molecule has 6 nitrogen and oxygen atoms in total. The van der Waals surface area contributed by atoms with Gasteiger partial charge in [0.15, 0.2) is 0 Å². The van der Waals surface area contributed by atoms with Crippen LogP contribution in [0.25, 0.3) is 11.5 Å². The molecule has 1 aliphatic carbocycles. The van der Waals surface area contributed by atoms with Crippen LogP contribution in [0.15, 0.2) is 53.5 Å². The molecule has 3 aromatic heterocycles. The Bertz CT molecular complexity index is 857. The van der Waals surface area contributed by atoms with E-state index in [1.807, 2.05) is 36.7 Å². The van der Waals surface area contributed by atoms with Crippen molar-refractivity contribution < 1.29 is 4.42 Å². The smallest absolute Gasteiger partial charge is 0.288 e. The van der Waals surface area contributed by atoms with Gasteiger partial charge in [0.05, 0.1) is 6.67 Å². The number of hydrogen-bond acceptors (Lipinski definition) is 6.